The van der Waals surface area contributed by atoms with Crippen molar-refractivity contribution in [2.75, 3.05) is 11.5 Å². The maximum absolute atomic E-state index is 5.72. The number of H-pyrrole nitrogens is 1. The van der Waals surface area contributed by atoms with Gasteiger partial charge in [0.2, 0.25) is 0 Å². The molecule has 2 heterocycles. The first kappa shape index (κ1) is 7.25. The second-order valence-corrected chi connectivity index (χ2v) is 3.25. The fraction of sp³-hybridized carbons (Fsp3) is 0. The summed E-state index contributed by atoms with van der Waals surface area (Å²) in [6.45, 7) is 0. The molecule has 0 aliphatic rings. The summed E-state index contributed by atoms with van der Waals surface area (Å²) in [6.07, 6.45) is 1.73. The van der Waals surface area contributed by atoms with Gasteiger partial charge in [-0.1, -0.05) is 0 Å². The van der Waals surface area contributed by atoms with Crippen LogP contribution in [0.3, 0.4) is 0 Å². The minimum absolute atomic E-state index is 0.578. The predicted molar refractivity (Wildman–Crippen MR) is 55.9 cm³/mol. The maximum atomic E-state index is 5.72. The topological polar surface area (TPSA) is 85.1 Å². The first-order chi connectivity index (χ1) is 6.75. The van der Waals surface area contributed by atoms with Crippen LogP contribution < -0.4 is 11.5 Å². The number of imidazole rings is 1. The monoisotopic (exact) mass is 187 g/mol. The third-order valence-corrected chi connectivity index (χ3v) is 2.34. The summed E-state index contributed by atoms with van der Waals surface area (Å²) < 4.78 is 1.80. The summed E-state index contributed by atoms with van der Waals surface area (Å²) in [6, 6.07) is 5.53. The number of hydrogen-bond donors (Lipinski definition) is 3. The average molecular weight is 187 g/mol. The average Bonchev–Trinajstić information content (AvgIpc) is 2.68. The molecule has 0 saturated heterocycles. The molecule has 0 amide bonds. The Morgan fingerprint density at radius 1 is 1.21 bits per heavy atom. The molecule has 5 nitrogen and oxygen atoms in total. The van der Waals surface area contributed by atoms with Crippen LogP contribution in [-0.4, -0.2) is 14.6 Å². The van der Waals surface area contributed by atoms with Crippen LogP contribution in [0, 0.1) is 0 Å². The largest absolute Gasteiger partial charge is 0.397 e. The Labute approximate surface area is 79.3 Å². The van der Waals surface area contributed by atoms with Crippen molar-refractivity contribution in [2.45, 2.75) is 0 Å². The van der Waals surface area contributed by atoms with Crippen molar-refractivity contribution in [3.63, 3.8) is 0 Å². The van der Waals surface area contributed by atoms with Crippen LogP contribution in [0.25, 0.3) is 16.7 Å². The van der Waals surface area contributed by atoms with Crippen molar-refractivity contribution in [3.05, 3.63) is 24.4 Å². The highest BCUT2D eigenvalue weighted by Gasteiger charge is 2.06. The summed E-state index contributed by atoms with van der Waals surface area (Å²) in [4.78, 5) is 3.19. The highest BCUT2D eigenvalue weighted by atomic mass is 15.3. The fourth-order valence-corrected chi connectivity index (χ4v) is 1.62. The zero-order chi connectivity index (χ0) is 9.71. The minimum Gasteiger partial charge on any atom is -0.397 e. The summed E-state index contributed by atoms with van der Waals surface area (Å²) in [7, 11) is 0. The molecule has 1 aromatic carbocycles. The van der Waals surface area contributed by atoms with Crippen molar-refractivity contribution in [1.29, 1.82) is 0 Å². The number of benzene rings is 1. The molecule has 0 aliphatic heterocycles. The van der Waals surface area contributed by atoms with Crippen LogP contribution in [0.2, 0.25) is 0 Å². The van der Waals surface area contributed by atoms with Crippen molar-refractivity contribution >= 4 is 28.1 Å². The van der Waals surface area contributed by atoms with E-state index >= 15 is 0 Å². The van der Waals surface area contributed by atoms with Gasteiger partial charge in [0, 0.05) is 6.07 Å². The van der Waals surface area contributed by atoms with E-state index in [-0.39, 0.29) is 0 Å². The van der Waals surface area contributed by atoms with Crippen LogP contribution in [-0.2, 0) is 0 Å². The van der Waals surface area contributed by atoms with E-state index in [9.17, 15) is 0 Å². The van der Waals surface area contributed by atoms with Gasteiger partial charge in [-0.3, -0.25) is 0 Å². The van der Waals surface area contributed by atoms with Crippen molar-refractivity contribution < 1.29 is 0 Å². The highest BCUT2D eigenvalue weighted by molar-refractivity contribution is 5.88. The van der Waals surface area contributed by atoms with Crippen LogP contribution in [0.1, 0.15) is 0 Å². The lowest BCUT2D eigenvalue weighted by Gasteiger charge is -1.98. The van der Waals surface area contributed by atoms with Gasteiger partial charge >= 0.3 is 0 Å². The number of fused-ring (bicyclic) bond motifs is 3. The van der Waals surface area contributed by atoms with E-state index in [4.69, 9.17) is 11.5 Å². The Morgan fingerprint density at radius 2 is 2.00 bits per heavy atom. The minimum atomic E-state index is 0.578. The van der Waals surface area contributed by atoms with Gasteiger partial charge in [-0.05, 0) is 12.1 Å². The summed E-state index contributed by atoms with van der Waals surface area (Å²) >= 11 is 0. The third-order valence-electron chi connectivity index (χ3n) is 2.34. The van der Waals surface area contributed by atoms with E-state index in [0.717, 1.165) is 16.7 Å². The lowest BCUT2D eigenvalue weighted by atomic mass is 10.2. The van der Waals surface area contributed by atoms with E-state index in [1.54, 1.807) is 10.7 Å². The molecular weight excluding hydrogens is 178 g/mol. The molecule has 0 saturated carbocycles. The Bertz CT molecular complexity index is 618. The van der Waals surface area contributed by atoms with Gasteiger partial charge in [0.15, 0.2) is 0 Å². The molecule has 3 rings (SSSR count). The predicted octanol–water partition coefficient (Wildman–Crippen LogP) is 0.980. The number of nitrogens with zero attached hydrogens (tertiary/aromatic N) is 2. The molecule has 5 N–H and O–H groups in total. The van der Waals surface area contributed by atoms with Crippen LogP contribution in [0.15, 0.2) is 24.4 Å². The number of hydrogen-bond acceptors (Lipinski definition) is 3. The molecule has 0 bridgehead atoms. The van der Waals surface area contributed by atoms with Crippen molar-refractivity contribution in [2.24, 2.45) is 0 Å². The van der Waals surface area contributed by atoms with E-state index in [1.165, 1.54) is 0 Å². The van der Waals surface area contributed by atoms with E-state index in [0.29, 0.717) is 11.4 Å². The second kappa shape index (κ2) is 2.20. The number of aromatic amines is 1. The molecule has 0 radical (unpaired) electrons. The zero-order valence-electron chi connectivity index (χ0n) is 7.36. The number of aromatic nitrogens is 3. The SMILES string of the molecule is Nc1cc2[nH]c3ccnn3c2cc1N. The van der Waals surface area contributed by atoms with Crippen molar-refractivity contribution in [3.8, 4) is 0 Å². The molecule has 3 aromatic rings. The summed E-state index contributed by atoms with van der Waals surface area (Å²) in [5.74, 6) is 0. The van der Waals surface area contributed by atoms with E-state index < -0.39 is 0 Å². The van der Waals surface area contributed by atoms with Gasteiger partial charge in [0.05, 0.1) is 28.6 Å². The smallest absolute Gasteiger partial charge is 0.134 e. The van der Waals surface area contributed by atoms with Gasteiger partial charge in [-0.25, -0.2) is 4.52 Å². The zero-order valence-corrected chi connectivity index (χ0v) is 7.36. The van der Waals surface area contributed by atoms with Gasteiger partial charge in [-0.2, -0.15) is 5.10 Å². The summed E-state index contributed by atoms with van der Waals surface area (Å²) in [5.41, 5.74) is 15.4. The molecule has 2 aromatic heterocycles. The van der Waals surface area contributed by atoms with E-state index in [2.05, 4.69) is 10.1 Å². The maximum Gasteiger partial charge on any atom is 0.134 e. The third kappa shape index (κ3) is 0.756. The number of anilines is 2. The number of nitrogen functional groups attached to an aromatic ring is 2. The standard InChI is InChI=1S/C9H9N5/c10-5-3-7-8(4-6(5)11)14-9(13-7)1-2-12-14/h1-4,13H,10-11H2. The van der Waals surface area contributed by atoms with Gasteiger partial charge in [0.25, 0.3) is 0 Å². The lowest BCUT2D eigenvalue weighted by Crippen LogP contribution is -1.94. The second-order valence-electron chi connectivity index (χ2n) is 3.25. The molecule has 14 heavy (non-hydrogen) atoms. The number of nitrogens with two attached hydrogens (primary N) is 2. The molecular formula is C9H9N5. The first-order valence-electron chi connectivity index (χ1n) is 4.26. The molecule has 0 fully saturated rings. The van der Waals surface area contributed by atoms with Crippen molar-refractivity contribution in [1.82, 2.24) is 14.6 Å². The van der Waals surface area contributed by atoms with Gasteiger partial charge in [0.1, 0.15) is 5.65 Å². The quantitative estimate of drug-likeness (QED) is 0.458. The normalized spacial score (nSPS) is 11.4. The Morgan fingerprint density at radius 3 is 2.86 bits per heavy atom. The molecule has 0 spiro atoms. The van der Waals surface area contributed by atoms with Crippen LogP contribution in [0.4, 0.5) is 11.4 Å². The van der Waals surface area contributed by atoms with Gasteiger partial charge < -0.3 is 16.5 Å². The van der Waals surface area contributed by atoms with Crippen LogP contribution >= 0.6 is 0 Å². The van der Waals surface area contributed by atoms with Crippen LogP contribution in [0.5, 0.6) is 0 Å². The van der Waals surface area contributed by atoms with E-state index in [1.807, 2.05) is 18.2 Å². The Hall–Kier alpha value is -2.17. The fourth-order valence-electron chi connectivity index (χ4n) is 1.62. The Balaban J connectivity index is 2.57. The van der Waals surface area contributed by atoms with Gasteiger partial charge in [-0.15, -0.1) is 0 Å². The molecule has 5 heteroatoms. The molecule has 0 unspecified atom stereocenters. The number of rotatable bonds is 0. The molecule has 0 atom stereocenters. The molecule has 0 aliphatic carbocycles. The lowest BCUT2D eigenvalue weighted by molar-refractivity contribution is 1.01. The first-order valence-corrected chi connectivity index (χ1v) is 4.26. The summed E-state index contributed by atoms with van der Waals surface area (Å²) in [5, 5.41) is 4.17. The highest BCUT2D eigenvalue weighted by Crippen LogP contribution is 2.23. The molecule has 70 valence electrons. The Kier molecular flexibility index (Phi) is 1.14. The number of nitrogens with one attached hydrogen (secondary N) is 1.